The Morgan fingerprint density at radius 3 is 2.40 bits per heavy atom. The quantitative estimate of drug-likeness (QED) is 0.690. The molecule has 0 spiro atoms. The zero-order chi connectivity index (χ0) is 11.2. The monoisotopic (exact) mass is 202 g/mol. The van der Waals surface area contributed by atoms with E-state index in [1.54, 1.807) is 0 Å². The van der Waals surface area contributed by atoms with Crippen molar-refractivity contribution in [3.05, 3.63) is 29.5 Å². The van der Waals surface area contributed by atoms with Crippen LogP contribution in [0.2, 0.25) is 0 Å². The van der Waals surface area contributed by atoms with Crippen molar-refractivity contribution in [2.24, 2.45) is 7.05 Å². The number of nitrogens with zero attached hydrogens (tertiary/aromatic N) is 2. The van der Waals surface area contributed by atoms with E-state index in [4.69, 9.17) is 0 Å². The normalized spacial score (nSPS) is 11.0. The molecule has 0 aliphatic rings. The van der Waals surface area contributed by atoms with Gasteiger partial charge in [-0.15, -0.1) is 0 Å². The Morgan fingerprint density at radius 2 is 1.80 bits per heavy atom. The van der Waals surface area contributed by atoms with Crippen molar-refractivity contribution in [1.29, 1.82) is 0 Å². The molecule has 0 saturated heterocycles. The maximum Gasteiger partial charge on any atom is 0.0484 e. The predicted molar refractivity (Wildman–Crippen MR) is 66.7 cm³/mol. The average molecular weight is 202 g/mol. The van der Waals surface area contributed by atoms with Gasteiger partial charge in [-0.3, -0.25) is 0 Å². The first-order chi connectivity index (χ1) is 7.02. The number of benzene rings is 1. The molecular formula is C13H18N2. The minimum Gasteiger partial charge on any atom is -0.378 e. The van der Waals surface area contributed by atoms with E-state index in [1.165, 1.54) is 27.8 Å². The van der Waals surface area contributed by atoms with Gasteiger partial charge in [0.05, 0.1) is 0 Å². The summed E-state index contributed by atoms with van der Waals surface area (Å²) in [6, 6.07) is 6.63. The van der Waals surface area contributed by atoms with Crippen LogP contribution in [0.3, 0.4) is 0 Å². The molecule has 0 fully saturated rings. The van der Waals surface area contributed by atoms with E-state index in [0.717, 1.165) is 0 Å². The van der Waals surface area contributed by atoms with E-state index in [0.29, 0.717) is 0 Å². The van der Waals surface area contributed by atoms with Crippen LogP contribution in [-0.2, 0) is 7.05 Å². The number of hydrogen-bond acceptors (Lipinski definition) is 1. The van der Waals surface area contributed by atoms with Crippen LogP contribution in [-0.4, -0.2) is 18.7 Å². The van der Waals surface area contributed by atoms with Crippen LogP contribution in [0.25, 0.3) is 10.9 Å². The summed E-state index contributed by atoms with van der Waals surface area (Å²) in [5.74, 6) is 0. The summed E-state index contributed by atoms with van der Waals surface area (Å²) in [5.41, 5.74) is 5.31. The Kier molecular flexibility index (Phi) is 2.22. The Morgan fingerprint density at radius 1 is 1.13 bits per heavy atom. The topological polar surface area (TPSA) is 8.17 Å². The summed E-state index contributed by atoms with van der Waals surface area (Å²) in [7, 11) is 6.28. The van der Waals surface area contributed by atoms with Gasteiger partial charge in [0.2, 0.25) is 0 Å². The van der Waals surface area contributed by atoms with Gasteiger partial charge in [-0.2, -0.15) is 0 Å². The second-order valence-corrected chi connectivity index (χ2v) is 4.37. The number of hydrogen-bond donors (Lipinski definition) is 0. The van der Waals surface area contributed by atoms with Gasteiger partial charge in [-0.05, 0) is 37.6 Å². The second-order valence-electron chi connectivity index (χ2n) is 4.37. The molecule has 0 aliphatic carbocycles. The number of anilines is 1. The summed E-state index contributed by atoms with van der Waals surface area (Å²) in [4.78, 5) is 2.14. The fourth-order valence-corrected chi connectivity index (χ4v) is 2.02. The van der Waals surface area contributed by atoms with Crippen LogP contribution in [0.5, 0.6) is 0 Å². The molecule has 2 heteroatoms. The zero-order valence-corrected chi connectivity index (χ0v) is 10.1. The second kappa shape index (κ2) is 3.30. The molecule has 2 nitrogen and oxygen atoms in total. The lowest BCUT2D eigenvalue weighted by Crippen LogP contribution is -2.08. The van der Waals surface area contributed by atoms with Crippen molar-refractivity contribution in [2.75, 3.05) is 19.0 Å². The highest BCUT2D eigenvalue weighted by molar-refractivity contribution is 5.88. The third-order valence-electron chi connectivity index (χ3n) is 3.31. The van der Waals surface area contributed by atoms with Crippen LogP contribution < -0.4 is 4.90 Å². The highest BCUT2D eigenvalue weighted by atomic mass is 15.1. The molecule has 1 heterocycles. The molecule has 2 aromatic rings. The molecule has 0 aliphatic heterocycles. The minimum absolute atomic E-state index is 1.26. The van der Waals surface area contributed by atoms with Gasteiger partial charge >= 0.3 is 0 Å². The fraction of sp³-hybridized carbons (Fsp3) is 0.385. The molecule has 1 aromatic carbocycles. The lowest BCUT2D eigenvalue weighted by molar-refractivity contribution is 0.910. The molecule has 0 saturated carbocycles. The summed E-state index contributed by atoms with van der Waals surface area (Å²) in [6.07, 6.45) is 0. The molecule has 1 aromatic heterocycles. The maximum atomic E-state index is 2.26. The van der Waals surface area contributed by atoms with Gasteiger partial charge in [0, 0.05) is 43.4 Å². The third kappa shape index (κ3) is 1.41. The Bertz CT molecular complexity index is 507. The van der Waals surface area contributed by atoms with Crippen LogP contribution in [0.4, 0.5) is 5.69 Å². The molecule has 0 N–H and O–H groups in total. The smallest absolute Gasteiger partial charge is 0.0484 e. The van der Waals surface area contributed by atoms with E-state index in [2.05, 4.69) is 62.7 Å². The van der Waals surface area contributed by atoms with Gasteiger partial charge in [0.25, 0.3) is 0 Å². The molecule has 0 atom stereocenters. The highest BCUT2D eigenvalue weighted by Crippen LogP contribution is 2.27. The highest BCUT2D eigenvalue weighted by Gasteiger charge is 2.08. The summed E-state index contributed by atoms with van der Waals surface area (Å²) < 4.78 is 2.25. The maximum absolute atomic E-state index is 2.26. The van der Waals surface area contributed by atoms with E-state index >= 15 is 0 Å². The van der Waals surface area contributed by atoms with Crippen LogP contribution >= 0.6 is 0 Å². The average Bonchev–Trinajstić information content (AvgIpc) is 2.44. The first-order valence-electron chi connectivity index (χ1n) is 5.25. The van der Waals surface area contributed by atoms with Crippen molar-refractivity contribution in [1.82, 2.24) is 4.57 Å². The lowest BCUT2D eigenvalue weighted by atomic mass is 10.1. The molecule has 0 amide bonds. The van der Waals surface area contributed by atoms with Crippen molar-refractivity contribution in [2.45, 2.75) is 13.8 Å². The van der Waals surface area contributed by atoms with E-state index < -0.39 is 0 Å². The summed E-state index contributed by atoms with van der Waals surface area (Å²) in [6.45, 7) is 4.36. The van der Waals surface area contributed by atoms with Gasteiger partial charge in [0.1, 0.15) is 0 Å². The standard InChI is InChI=1S/C13H18N2/c1-9-10(2)15(5)13-7-6-11(14(3)4)8-12(9)13/h6-8H,1-5H3. The number of fused-ring (bicyclic) bond motifs is 1. The van der Waals surface area contributed by atoms with Crippen molar-refractivity contribution < 1.29 is 0 Å². The van der Waals surface area contributed by atoms with Crippen LogP contribution in [0.1, 0.15) is 11.3 Å². The third-order valence-corrected chi connectivity index (χ3v) is 3.31. The summed E-state index contributed by atoms with van der Waals surface area (Å²) in [5, 5.41) is 1.36. The van der Waals surface area contributed by atoms with Gasteiger partial charge < -0.3 is 9.47 Å². The molecular weight excluding hydrogens is 184 g/mol. The minimum atomic E-state index is 1.26. The summed E-state index contributed by atoms with van der Waals surface area (Å²) >= 11 is 0. The number of aromatic nitrogens is 1. The molecule has 15 heavy (non-hydrogen) atoms. The van der Waals surface area contributed by atoms with E-state index in [1.807, 2.05) is 0 Å². The van der Waals surface area contributed by atoms with E-state index in [9.17, 15) is 0 Å². The number of aryl methyl sites for hydroxylation is 2. The van der Waals surface area contributed by atoms with Crippen molar-refractivity contribution in [3.63, 3.8) is 0 Å². The predicted octanol–water partition coefficient (Wildman–Crippen LogP) is 2.86. The van der Waals surface area contributed by atoms with Gasteiger partial charge in [0.15, 0.2) is 0 Å². The molecule has 0 bridgehead atoms. The molecule has 0 radical (unpaired) electrons. The SMILES string of the molecule is Cc1c(C)n(C)c2ccc(N(C)C)cc12. The van der Waals surface area contributed by atoms with Crippen LogP contribution in [0, 0.1) is 13.8 Å². The zero-order valence-electron chi connectivity index (χ0n) is 10.1. The van der Waals surface area contributed by atoms with Gasteiger partial charge in [-0.1, -0.05) is 0 Å². The lowest BCUT2D eigenvalue weighted by Gasteiger charge is -2.12. The molecule has 80 valence electrons. The Hall–Kier alpha value is -1.44. The first kappa shape index (κ1) is 10.1. The van der Waals surface area contributed by atoms with Crippen LogP contribution in [0.15, 0.2) is 18.2 Å². The van der Waals surface area contributed by atoms with Crippen molar-refractivity contribution >= 4 is 16.6 Å². The molecule has 0 unspecified atom stereocenters. The largest absolute Gasteiger partial charge is 0.378 e. The number of rotatable bonds is 1. The van der Waals surface area contributed by atoms with Crippen molar-refractivity contribution in [3.8, 4) is 0 Å². The van der Waals surface area contributed by atoms with E-state index in [-0.39, 0.29) is 0 Å². The molecule has 2 rings (SSSR count). The Labute approximate surface area is 91.1 Å². The van der Waals surface area contributed by atoms with Gasteiger partial charge in [-0.25, -0.2) is 0 Å². The fourth-order valence-electron chi connectivity index (χ4n) is 2.02. The Balaban J connectivity index is 2.77. The first-order valence-corrected chi connectivity index (χ1v) is 5.25.